The van der Waals surface area contributed by atoms with Gasteiger partial charge in [0.1, 0.15) is 6.61 Å². The van der Waals surface area contributed by atoms with Gasteiger partial charge in [-0.3, -0.25) is 18.6 Å². The van der Waals surface area contributed by atoms with Gasteiger partial charge >= 0.3 is 19.8 Å². The van der Waals surface area contributed by atoms with Crippen LogP contribution in [0, 0.1) is 0 Å². The Bertz CT molecular complexity index is 1130. The molecule has 3 N–H and O–H groups in total. The van der Waals surface area contributed by atoms with E-state index in [0.717, 1.165) is 57.8 Å². The molecule has 316 valence electrons. The minimum absolute atomic E-state index is 0.0389. The topological polar surface area (TPSA) is 134 Å². The summed E-state index contributed by atoms with van der Waals surface area (Å²) in [6.07, 6.45) is 49.4. The molecule has 55 heavy (non-hydrogen) atoms. The van der Waals surface area contributed by atoms with Crippen molar-refractivity contribution in [2.75, 3.05) is 26.4 Å². The van der Waals surface area contributed by atoms with Crippen LogP contribution in [0.5, 0.6) is 0 Å². The average molecular weight is 792 g/mol. The summed E-state index contributed by atoms with van der Waals surface area (Å²) in [6, 6.07) is 0. The second-order valence-electron chi connectivity index (χ2n) is 13.8. The Labute approximate surface area is 335 Å². The van der Waals surface area contributed by atoms with E-state index in [4.69, 9.17) is 24.3 Å². The summed E-state index contributed by atoms with van der Waals surface area (Å²) in [5, 5.41) is 0. The monoisotopic (exact) mass is 792 g/mol. The number of carbonyl (C=O) groups excluding carboxylic acids is 2. The van der Waals surface area contributed by atoms with Crippen molar-refractivity contribution in [3.63, 3.8) is 0 Å². The van der Waals surface area contributed by atoms with E-state index >= 15 is 0 Å². The molecular weight excluding hydrogens is 713 g/mol. The molecule has 0 aliphatic heterocycles. The van der Waals surface area contributed by atoms with Crippen LogP contribution in [0.2, 0.25) is 0 Å². The molecule has 0 fully saturated rings. The van der Waals surface area contributed by atoms with Crippen LogP contribution in [0.4, 0.5) is 0 Å². The Hall–Kier alpha value is -2.55. The number of allylic oxidation sites excluding steroid dienone is 12. The number of nitrogens with two attached hydrogens (primary N) is 1. The molecule has 0 bridgehead atoms. The molecule has 0 saturated carbocycles. The fourth-order valence-electron chi connectivity index (χ4n) is 5.36. The number of hydrogen-bond donors (Lipinski definition) is 2. The third kappa shape index (κ3) is 40.9. The molecular formula is C45H78NO8P. The number of unbranched alkanes of at least 4 members (excludes halogenated alkanes) is 14. The first-order valence-electron chi connectivity index (χ1n) is 21.4. The van der Waals surface area contributed by atoms with Gasteiger partial charge in [0.2, 0.25) is 0 Å². The molecule has 0 heterocycles. The van der Waals surface area contributed by atoms with Gasteiger partial charge in [-0.25, -0.2) is 4.57 Å². The molecule has 0 aromatic rings. The number of rotatable bonds is 39. The van der Waals surface area contributed by atoms with Crippen LogP contribution in [-0.2, 0) is 32.7 Å². The minimum Gasteiger partial charge on any atom is -0.462 e. The van der Waals surface area contributed by atoms with Crippen LogP contribution in [0.1, 0.15) is 168 Å². The molecule has 0 aliphatic rings. The van der Waals surface area contributed by atoms with Gasteiger partial charge in [0.05, 0.1) is 13.2 Å². The van der Waals surface area contributed by atoms with Gasteiger partial charge in [-0.05, 0) is 83.5 Å². The lowest BCUT2D eigenvalue weighted by Crippen LogP contribution is -2.29. The van der Waals surface area contributed by atoms with E-state index < -0.39 is 32.5 Å². The standard InChI is InChI=1S/C45H78NO8P/c1-3-5-7-9-11-13-15-17-19-21-23-25-27-29-31-33-35-37-44(47)51-41-43(42-53-55(49,50)52-40-39-46)54-45(48)38-36-34-32-30-28-26-24-22-20-18-16-14-12-10-8-6-4-2/h11,13,17-20,23-26,30,32,43H,3-10,12,14-16,21-22,27-29,31,33-42,46H2,1-2H3,(H,49,50)/b13-11+,19-17+,20-18+,25-23+,26-24+,32-30+/t43-/m1/s1. The summed E-state index contributed by atoms with van der Waals surface area (Å²) in [6.45, 7) is 3.60. The number of phosphoric ester groups is 1. The number of ether oxygens (including phenoxy) is 2. The first-order valence-corrected chi connectivity index (χ1v) is 22.9. The first kappa shape index (κ1) is 52.5. The Morgan fingerprint density at radius 2 is 0.964 bits per heavy atom. The molecule has 0 aromatic heterocycles. The van der Waals surface area contributed by atoms with Crippen LogP contribution < -0.4 is 5.73 Å². The SMILES string of the molecule is CCCCC/C=C/C/C=C/C/C=C/CCCCCCC(=O)OC[C@H](COP(=O)(O)OCCN)OC(=O)CCC/C=C/C/C=C/C/C=C/CCCCCCCC. The van der Waals surface area contributed by atoms with Gasteiger partial charge in [0, 0.05) is 19.4 Å². The van der Waals surface area contributed by atoms with Crippen molar-refractivity contribution in [2.24, 2.45) is 5.73 Å². The van der Waals surface area contributed by atoms with E-state index in [1.165, 1.54) is 64.2 Å². The summed E-state index contributed by atoms with van der Waals surface area (Å²) in [7, 11) is -4.40. The van der Waals surface area contributed by atoms with Crippen LogP contribution in [0.3, 0.4) is 0 Å². The Morgan fingerprint density at radius 3 is 1.49 bits per heavy atom. The van der Waals surface area contributed by atoms with Crippen molar-refractivity contribution in [2.45, 2.75) is 174 Å². The molecule has 0 aromatic carbocycles. The summed E-state index contributed by atoms with van der Waals surface area (Å²) in [5.74, 6) is -0.921. The third-order valence-corrected chi connectivity index (χ3v) is 9.55. The average Bonchev–Trinajstić information content (AvgIpc) is 3.17. The summed E-state index contributed by atoms with van der Waals surface area (Å²) in [4.78, 5) is 34.8. The molecule has 0 spiro atoms. The van der Waals surface area contributed by atoms with E-state index in [9.17, 15) is 19.0 Å². The van der Waals surface area contributed by atoms with Crippen molar-refractivity contribution in [1.82, 2.24) is 0 Å². The second-order valence-corrected chi connectivity index (χ2v) is 15.3. The van der Waals surface area contributed by atoms with Crippen molar-refractivity contribution in [1.29, 1.82) is 0 Å². The van der Waals surface area contributed by atoms with Crippen LogP contribution in [0.25, 0.3) is 0 Å². The largest absolute Gasteiger partial charge is 0.472 e. The predicted molar refractivity (Wildman–Crippen MR) is 229 cm³/mol. The number of hydrogen-bond acceptors (Lipinski definition) is 8. The van der Waals surface area contributed by atoms with Crippen molar-refractivity contribution in [3.05, 3.63) is 72.9 Å². The van der Waals surface area contributed by atoms with Gasteiger partial charge in [-0.1, -0.05) is 145 Å². The molecule has 0 saturated heterocycles. The maximum atomic E-state index is 12.6. The van der Waals surface area contributed by atoms with Crippen molar-refractivity contribution >= 4 is 19.8 Å². The fourth-order valence-corrected chi connectivity index (χ4v) is 6.13. The smallest absolute Gasteiger partial charge is 0.462 e. The zero-order valence-electron chi connectivity index (χ0n) is 34.6. The van der Waals surface area contributed by atoms with E-state index in [1.807, 2.05) is 6.08 Å². The van der Waals surface area contributed by atoms with Gasteiger partial charge in [0.25, 0.3) is 0 Å². The Kier molecular flexibility index (Phi) is 39.2. The lowest BCUT2D eigenvalue weighted by molar-refractivity contribution is -0.161. The number of esters is 2. The normalized spacial score (nSPS) is 14.0. The van der Waals surface area contributed by atoms with Crippen LogP contribution in [0.15, 0.2) is 72.9 Å². The molecule has 1 unspecified atom stereocenters. The molecule has 9 nitrogen and oxygen atoms in total. The maximum absolute atomic E-state index is 12.6. The third-order valence-electron chi connectivity index (χ3n) is 8.56. The van der Waals surface area contributed by atoms with E-state index in [0.29, 0.717) is 19.3 Å². The molecule has 0 rings (SSSR count). The highest BCUT2D eigenvalue weighted by Gasteiger charge is 2.25. The van der Waals surface area contributed by atoms with Gasteiger partial charge < -0.3 is 20.1 Å². The van der Waals surface area contributed by atoms with Gasteiger partial charge in [-0.15, -0.1) is 0 Å². The van der Waals surface area contributed by atoms with Gasteiger partial charge in [-0.2, -0.15) is 0 Å². The molecule has 2 atom stereocenters. The lowest BCUT2D eigenvalue weighted by atomic mass is 10.1. The van der Waals surface area contributed by atoms with Gasteiger partial charge in [0.15, 0.2) is 6.10 Å². The Balaban J connectivity index is 4.31. The van der Waals surface area contributed by atoms with E-state index in [2.05, 4.69) is 80.7 Å². The maximum Gasteiger partial charge on any atom is 0.472 e. The fraction of sp³-hybridized carbons (Fsp3) is 0.689. The zero-order chi connectivity index (χ0) is 40.3. The van der Waals surface area contributed by atoms with E-state index in [1.54, 1.807) is 0 Å². The summed E-state index contributed by atoms with van der Waals surface area (Å²) < 4.78 is 32.7. The summed E-state index contributed by atoms with van der Waals surface area (Å²) in [5.41, 5.74) is 5.34. The minimum atomic E-state index is -4.40. The molecule has 0 radical (unpaired) electrons. The highest BCUT2D eigenvalue weighted by molar-refractivity contribution is 7.47. The first-order chi connectivity index (χ1) is 26.8. The predicted octanol–water partition coefficient (Wildman–Crippen LogP) is 12.3. The summed E-state index contributed by atoms with van der Waals surface area (Å²) >= 11 is 0. The quantitative estimate of drug-likeness (QED) is 0.0270. The molecule has 0 aliphatic carbocycles. The molecule has 0 amide bonds. The number of carbonyl (C=O) groups is 2. The zero-order valence-corrected chi connectivity index (χ0v) is 35.5. The van der Waals surface area contributed by atoms with E-state index in [-0.39, 0.29) is 32.6 Å². The highest BCUT2D eigenvalue weighted by atomic mass is 31.2. The second kappa shape index (κ2) is 41.1. The van der Waals surface area contributed by atoms with Crippen molar-refractivity contribution in [3.8, 4) is 0 Å². The highest BCUT2D eigenvalue weighted by Crippen LogP contribution is 2.43. The van der Waals surface area contributed by atoms with Crippen LogP contribution >= 0.6 is 7.82 Å². The van der Waals surface area contributed by atoms with Crippen LogP contribution in [-0.4, -0.2) is 49.3 Å². The molecule has 10 heteroatoms. The van der Waals surface area contributed by atoms with Crippen molar-refractivity contribution < 1.29 is 37.6 Å². The lowest BCUT2D eigenvalue weighted by Gasteiger charge is -2.19. The number of phosphoric acid groups is 1. The Morgan fingerprint density at radius 1 is 0.545 bits per heavy atom.